The number of rotatable bonds is 5. The number of hydrogen-bond donors (Lipinski definition) is 3. The number of allylic oxidation sites excluding steroid dienone is 4. The topological polar surface area (TPSA) is 23.8 Å². The Morgan fingerprint density at radius 2 is 1.35 bits per heavy atom. The van der Waals surface area contributed by atoms with Gasteiger partial charge in [-0.3, -0.25) is 0 Å². The van der Waals surface area contributed by atoms with Gasteiger partial charge in [0.1, 0.15) is 0 Å². The average Bonchev–Trinajstić information content (AvgIpc) is 2.44. The van der Waals surface area contributed by atoms with Crippen molar-refractivity contribution in [1.82, 2.24) is 0 Å². The summed E-state index contributed by atoms with van der Waals surface area (Å²) < 4.78 is -3.63. The Morgan fingerprint density at radius 3 is 1.65 bits per heavy atom. The van der Waals surface area contributed by atoms with Gasteiger partial charge in [-0.15, -0.1) is 37.9 Å². The lowest BCUT2D eigenvalue weighted by molar-refractivity contribution is 0.994. The van der Waals surface area contributed by atoms with Gasteiger partial charge < -0.3 is 0 Å². The molecule has 0 bridgehead atoms. The zero-order valence-corrected chi connectivity index (χ0v) is 17.2. The smallest absolute Gasteiger partial charge is 0.173 e. The minimum absolute atomic E-state index is 0.0360. The number of nitriles is 1. The van der Waals surface area contributed by atoms with Gasteiger partial charge in [-0.1, -0.05) is 71.7 Å². The van der Waals surface area contributed by atoms with E-state index in [1.807, 2.05) is 6.07 Å². The van der Waals surface area contributed by atoms with E-state index < -0.39 is 8.67 Å². The number of hydrogen-bond acceptors (Lipinski definition) is 4. The Kier molecular flexibility index (Phi) is 7.38. The van der Waals surface area contributed by atoms with Gasteiger partial charge in [0.15, 0.2) is 8.67 Å². The summed E-state index contributed by atoms with van der Waals surface area (Å²) in [6.45, 7) is 7.24. The fourth-order valence-electron chi connectivity index (χ4n) is 1.69. The van der Waals surface area contributed by atoms with Gasteiger partial charge in [-0.2, -0.15) is 5.26 Å². The second kappa shape index (κ2) is 8.01. The molecule has 8 heteroatoms. The molecule has 1 nitrogen and oxygen atoms in total. The van der Waals surface area contributed by atoms with Gasteiger partial charge in [0.05, 0.1) is 11.6 Å². The van der Waals surface area contributed by atoms with Crippen molar-refractivity contribution < 1.29 is 0 Å². The van der Waals surface area contributed by atoms with Crippen LogP contribution in [-0.2, 0) is 0 Å². The number of benzene rings is 1. The molecule has 1 aromatic carbocycles. The summed E-state index contributed by atoms with van der Waals surface area (Å²) in [5.74, 6) is 0. The van der Waals surface area contributed by atoms with Crippen LogP contribution in [0.5, 0.6) is 0 Å². The molecule has 0 aliphatic rings. The largest absolute Gasteiger partial charge is 0.192 e. The number of thiol groups is 3. The van der Waals surface area contributed by atoms with Crippen molar-refractivity contribution >= 4 is 89.9 Å². The molecule has 1 rings (SSSR count). The monoisotopic (exact) mass is 441 g/mol. The lowest BCUT2D eigenvalue weighted by Crippen LogP contribution is -2.32. The summed E-state index contributed by atoms with van der Waals surface area (Å²) in [6, 6.07) is 8.76. The molecule has 0 saturated carbocycles. The summed E-state index contributed by atoms with van der Waals surface area (Å²) >= 11 is 37.8. The van der Waals surface area contributed by atoms with Gasteiger partial charge in [0.2, 0.25) is 0 Å². The first-order valence-electron chi connectivity index (χ1n) is 5.93. The number of alkyl halides is 4. The fraction of sp³-hybridized carbons (Fsp3) is 0.133. The van der Waals surface area contributed by atoms with E-state index in [1.165, 1.54) is 0 Å². The Balaban J connectivity index is 3.85. The van der Waals surface area contributed by atoms with E-state index in [1.54, 1.807) is 24.3 Å². The van der Waals surface area contributed by atoms with Crippen molar-refractivity contribution in [1.29, 1.82) is 5.26 Å². The summed E-state index contributed by atoms with van der Waals surface area (Å²) in [5.41, 5.74) is 0.533. The van der Waals surface area contributed by atoms with Crippen LogP contribution in [0.2, 0.25) is 0 Å². The third kappa shape index (κ3) is 4.61. The van der Waals surface area contributed by atoms with Crippen LogP contribution < -0.4 is 0 Å². The van der Waals surface area contributed by atoms with Crippen LogP contribution in [0, 0.1) is 11.3 Å². The van der Waals surface area contributed by atoms with Crippen LogP contribution in [0.15, 0.2) is 57.7 Å². The van der Waals surface area contributed by atoms with Gasteiger partial charge >= 0.3 is 0 Å². The van der Waals surface area contributed by atoms with Gasteiger partial charge in [-0.05, 0) is 17.7 Å². The van der Waals surface area contributed by atoms with E-state index in [4.69, 9.17) is 46.4 Å². The summed E-state index contributed by atoms with van der Waals surface area (Å²) in [6.07, 6.45) is 0. The van der Waals surface area contributed by atoms with E-state index in [2.05, 4.69) is 51.0 Å². The van der Waals surface area contributed by atoms with Crippen LogP contribution in [0.25, 0.3) is 5.57 Å². The van der Waals surface area contributed by atoms with E-state index >= 15 is 0 Å². The highest BCUT2D eigenvalue weighted by atomic mass is 35.5. The molecule has 0 saturated heterocycles. The van der Waals surface area contributed by atoms with Crippen molar-refractivity contribution in [3.63, 3.8) is 0 Å². The van der Waals surface area contributed by atoms with Crippen LogP contribution in [0.4, 0.5) is 0 Å². The van der Waals surface area contributed by atoms with Crippen molar-refractivity contribution in [3.05, 3.63) is 58.4 Å². The van der Waals surface area contributed by atoms with E-state index in [9.17, 15) is 5.26 Å². The van der Waals surface area contributed by atoms with E-state index in [-0.39, 0.29) is 21.0 Å². The number of halogens is 4. The predicted octanol–water partition coefficient (Wildman–Crippen LogP) is 6.49. The Labute approximate surface area is 172 Å². The first kappa shape index (κ1) is 21.2. The molecule has 0 aliphatic heterocycles. The lowest BCUT2D eigenvalue weighted by atomic mass is 9.95. The Hall–Kier alpha value is 0.140. The van der Waals surface area contributed by atoms with Gasteiger partial charge in [0, 0.05) is 20.3 Å². The molecule has 0 aliphatic carbocycles. The first-order valence-corrected chi connectivity index (χ1v) is 8.78. The molecule has 0 atom stereocenters. The maximum absolute atomic E-state index is 9.64. The van der Waals surface area contributed by atoms with Crippen molar-refractivity contribution in [2.45, 2.75) is 13.6 Å². The van der Waals surface area contributed by atoms with Gasteiger partial charge in [-0.25, -0.2) is 0 Å². The van der Waals surface area contributed by atoms with Crippen LogP contribution in [-0.4, -0.2) is 8.67 Å². The molecule has 0 fully saturated rings. The highest BCUT2D eigenvalue weighted by Gasteiger charge is 2.47. The van der Waals surface area contributed by atoms with Crippen molar-refractivity contribution in [3.8, 4) is 6.07 Å². The molecule has 0 N–H and O–H groups in total. The molecule has 0 spiro atoms. The fourth-order valence-corrected chi connectivity index (χ4v) is 3.20. The SMILES string of the molecule is C=C(S)C(Cl)(Cl)C(=C(C#N)c1ccc(S)cc1)C(Cl)(Cl)C(=C)S. The number of nitrogens with zero attached hydrogens (tertiary/aromatic N) is 1. The quantitative estimate of drug-likeness (QED) is 0.271. The lowest BCUT2D eigenvalue weighted by Gasteiger charge is -2.33. The molecule has 0 aromatic heterocycles. The third-order valence-electron chi connectivity index (χ3n) is 2.87. The predicted molar refractivity (Wildman–Crippen MR) is 111 cm³/mol. The van der Waals surface area contributed by atoms with Crippen molar-refractivity contribution in [2.24, 2.45) is 0 Å². The molecular formula is C15H11Cl4NS3. The van der Waals surface area contributed by atoms with E-state index in [0.717, 1.165) is 4.90 Å². The van der Waals surface area contributed by atoms with Crippen molar-refractivity contribution in [2.75, 3.05) is 0 Å². The molecule has 23 heavy (non-hydrogen) atoms. The highest BCUT2D eigenvalue weighted by Crippen LogP contribution is 2.53. The zero-order chi connectivity index (χ0) is 18.0. The standard InChI is InChI=1S/C15H11Cl4NS3/c1-8(21)14(16,17)13(15(18,19)9(2)22)12(7-20)10-3-5-11(23)6-4-10/h3-6,21-23H,1-2H2. The molecular weight excluding hydrogens is 432 g/mol. The Bertz CT molecular complexity index is 687. The Morgan fingerprint density at radius 1 is 0.957 bits per heavy atom. The maximum Gasteiger partial charge on any atom is 0.173 e. The molecule has 0 amide bonds. The summed E-state index contributed by atoms with van der Waals surface area (Å²) in [5, 5.41) is 9.64. The second-order valence-electron chi connectivity index (χ2n) is 4.45. The molecule has 1 aromatic rings. The molecule has 0 radical (unpaired) electrons. The molecule has 0 heterocycles. The normalized spacial score (nSPS) is 11.6. The minimum atomic E-state index is -1.82. The first-order chi connectivity index (χ1) is 10.5. The third-order valence-corrected chi connectivity index (χ3v) is 6.04. The minimum Gasteiger partial charge on any atom is -0.192 e. The summed E-state index contributed by atoms with van der Waals surface area (Å²) in [7, 11) is 0. The van der Waals surface area contributed by atoms with Gasteiger partial charge in [0.25, 0.3) is 0 Å². The summed E-state index contributed by atoms with van der Waals surface area (Å²) in [4.78, 5) is 0.820. The van der Waals surface area contributed by atoms with E-state index in [0.29, 0.717) is 5.56 Å². The maximum atomic E-state index is 9.64. The molecule has 0 unspecified atom stereocenters. The molecule has 122 valence electrons. The van der Waals surface area contributed by atoms with Crippen LogP contribution in [0.3, 0.4) is 0 Å². The highest BCUT2D eigenvalue weighted by molar-refractivity contribution is 7.85. The van der Waals surface area contributed by atoms with Crippen LogP contribution >= 0.6 is 84.3 Å². The van der Waals surface area contributed by atoms with Crippen LogP contribution in [0.1, 0.15) is 5.56 Å². The second-order valence-corrected chi connectivity index (χ2v) is 8.70. The zero-order valence-electron chi connectivity index (χ0n) is 11.5. The average molecular weight is 443 g/mol.